The standard InChI is InChI=1S/C19H17F3N2O2S/c20-19(21,22)26-15-6-4-13(5-7-15)25-14-8-10-24(11-9-14)16-2-1-3-17-18(16)23-12-27-17/h1-7,12,14H,8-11H2. The Hall–Kier alpha value is -2.48. The van der Waals surface area contributed by atoms with Gasteiger partial charge in [-0.25, -0.2) is 4.98 Å². The first-order valence-corrected chi connectivity index (χ1v) is 9.45. The summed E-state index contributed by atoms with van der Waals surface area (Å²) in [5.74, 6) is 0.297. The number of alkyl halides is 3. The van der Waals surface area contributed by atoms with Crippen molar-refractivity contribution in [1.29, 1.82) is 0 Å². The Morgan fingerprint density at radius 1 is 1.00 bits per heavy atom. The maximum atomic E-state index is 12.2. The van der Waals surface area contributed by atoms with E-state index in [-0.39, 0.29) is 11.9 Å². The predicted molar refractivity (Wildman–Crippen MR) is 98.6 cm³/mol. The van der Waals surface area contributed by atoms with E-state index in [4.69, 9.17) is 4.74 Å². The first-order chi connectivity index (χ1) is 13.0. The molecule has 2 aromatic carbocycles. The van der Waals surface area contributed by atoms with Crippen LogP contribution in [0, 0.1) is 0 Å². The largest absolute Gasteiger partial charge is 0.573 e. The number of hydrogen-bond donors (Lipinski definition) is 0. The molecule has 8 heteroatoms. The molecule has 0 atom stereocenters. The predicted octanol–water partition coefficient (Wildman–Crippen LogP) is 5.24. The Labute approximate surface area is 158 Å². The fourth-order valence-electron chi connectivity index (χ4n) is 3.25. The van der Waals surface area contributed by atoms with Gasteiger partial charge in [0.05, 0.1) is 15.9 Å². The number of fused-ring (bicyclic) bond motifs is 1. The van der Waals surface area contributed by atoms with Gasteiger partial charge >= 0.3 is 6.36 Å². The zero-order valence-electron chi connectivity index (χ0n) is 14.3. The summed E-state index contributed by atoms with van der Waals surface area (Å²) in [5, 5.41) is 0. The molecule has 0 amide bonds. The van der Waals surface area contributed by atoms with Crippen LogP contribution in [-0.4, -0.2) is 30.5 Å². The van der Waals surface area contributed by atoms with E-state index in [1.54, 1.807) is 11.3 Å². The summed E-state index contributed by atoms with van der Waals surface area (Å²) in [6.07, 6.45) is -2.98. The van der Waals surface area contributed by atoms with E-state index in [1.165, 1.54) is 29.0 Å². The van der Waals surface area contributed by atoms with E-state index in [1.807, 2.05) is 11.6 Å². The van der Waals surface area contributed by atoms with Crippen LogP contribution in [0.25, 0.3) is 10.2 Å². The molecule has 1 fully saturated rings. The smallest absolute Gasteiger partial charge is 0.490 e. The van der Waals surface area contributed by atoms with Crippen molar-refractivity contribution < 1.29 is 22.6 Å². The van der Waals surface area contributed by atoms with Crippen molar-refractivity contribution in [2.24, 2.45) is 0 Å². The van der Waals surface area contributed by atoms with Gasteiger partial charge in [0.25, 0.3) is 0 Å². The van der Waals surface area contributed by atoms with E-state index in [9.17, 15) is 13.2 Å². The number of aromatic nitrogens is 1. The number of ether oxygens (including phenoxy) is 2. The van der Waals surface area contributed by atoms with E-state index < -0.39 is 6.36 Å². The van der Waals surface area contributed by atoms with Crippen LogP contribution in [0.4, 0.5) is 18.9 Å². The van der Waals surface area contributed by atoms with Crippen molar-refractivity contribution in [2.75, 3.05) is 18.0 Å². The zero-order chi connectivity index (χ0) is 18.9. The quantitative estimate of drug-likeness (QED) is 0.606. The van der Waals surface area contributed by atoms with Gasteiger partial charge in [-0.15, -0.1) is 24.5 Å². The molecule has 0 radical (unpaired) electrons. The molecule has 0 aliphatic carbocycles. The van der Waals surface area contributed by atoms with Crippen molar-refractivity contribution >= 4 is 27.2 Å². The molecule has 4 nitrogen and oxygen atoms in total. The van der Waals surface area contributed by atoms with Gasteiger partial charge in [0.15, 0.2) is 0 Å². The highest BCUT2D eigenvalue weighted by Crippen LogP contribution is 2.31. The molecule has 1 aromatic heterocycles. The van der Waals surface area contributed by atoms with Gasteiger partial charge in [-0.2, -0.15) is 0 Å². The normalized spacial score (nSPS) is 15.9. The summed E-state index contributed by atoms with van der Waals surface area (Å²) in [7, 11) is 0. The third-order valence-electron chi connectivity index (χ3n) is 4.48. The first-order valence-electron chi connectivity index (χ1n) is 8.57. The number of piperidine rings is 1. The summed E-state index contributed by atoms with van der Waals surface area (Å²) in [6.45, 7) is 1.69. The maximum Gasteiger partial charge on any atom is 0.573 e. The van der Waals surface area contributed by atoms with Gasteiger partial charge in [-0.1, -0.05) is 6.07 Å². The average molecular weight is 394 g/mol. The second-order valence-corrected chi connectivity index (χ2v) is 7.19. The molecule has 3 aromatic rings. The lowest BCUT2D eigenvalue weighted by molar-refractivity contribution is -0.274. The highest BCUT2D eigenvalue weighted by Gasteiger charge is 2.31. The molecule has 0 bridgehead atoms. The van der Waals surface area contributed by atoms with Crippen LogP contribution in [0.1, 0.15) is 12.8 Å². The van der Waals surface area contributed by atoms with Crippen LogP contribution in [0.5, 0.6) is 11.5 Å². The molecule has 0 N–H and O–H groups in total. The van der Waals surface area contributed by atoms with E-state index in [2.05, 4.69) is 26.8 Å². The fourth-order valence-corrected chi connectivity index (χ4v) is 3.95. The van der Waals surface area contributed by atoms with E-state index >= 15 is 0 Å². The Morgan fingerprint density at radius 3 is 2.41 bits per heavy atom. The van der Waals surface area contributed by atoms with Gasteiger partial charge in [0, 0.05) is 25.9 Å². The SMILES string of the molecule is FC(F)(F)Oc1ccc(OC2CCN(c3cccc4scnc34)CC2)cc1. The number of para-hydroxylation sites is 1. The fraction of sp³-hybridized carbons (Fsp3) is 0.316. The highest BCUT2D eigenvalue weighted by atomic mass is 32.1. The van der Waals surface area contributed by atoms with Crippen molar-refractivity contribution in [1.82, 2.24) is 4.98 Å². The Balaban J connectivity index is 1.35. The van der Waals surface area contributed by atoms with Crippen LogP contribution < -0.4 is 14.4 Å². The molecule has 27 heavy (non-hydrogen) atoms. The lowest BCUT2D eigenvalue weighted by atomic mass is 10.1. The maximum absolute atomic E-state index is 12.2. The van der Waals surface area contributed by atoms with E-state index in [0.717, 1.165) is 37.1 Å². The van der Waals surface area contributed by atoms with E-state index in [0.29, 0.717) is 5.75 Å². The van der Waals surface area contributed by atoms with Gasteiger partial charge in [0.1, 0.15) is 23.1 Å². The van der Waals surface area contributed by atoms with Crippen molar-refractivity contribution in [2.45, 2.75) is 25.3 Å². The summed E-state index contributed by atoms with van der Waals surface area (Å²) < 4.78 is 47.6. The molecule has 1 aliphatic rings. The molecular formula is C19H17F3N2O2S. The number of halogens is 3. The monoisotopic (exact) mass is 394 g/mol. The lowest BCUT2D eigenvalue weighted by Gasteiger charge is -2.33. The Bertz CT molecular complexity index is 903. The minimum absolute atomic E-state index is 0.0327. The summed E-state index contributed by atoms with van der Waals surface area (Å²) in [4.78, 5) is 6.78. The van der Waals surface area contributed by atoms with Gasteiger partial charge in [-0.05, 0) is 36.4 Å². The summed E-state index contributed by atoms with van der Waals surface area (Å²) >= 11 is 1.63. The van der Waals surface area contributed by atoms with Crippen LogP contribution in [0.15, 0.2) is 48.0 Å². The minimum atomic E-state index is -4.69. The Morgan fingerprint density at radius 2 is 1.70 bits per heavy atom. The van der Waals surface area contributed by atoms with Crippen LogP contribution in [0.3, 0.4) is 0 Å². The molecule has 1 aliphatic heterocycles. The highest BCUT2D eigenvalue weighted by molar-refractivity contribution is 7.16. The van der Waals surface area contributed by atoms with Crippen LogP contribution >= 0.6 is 11.3 Å². The van der Waals surface area contributed by atoms with Crippen molar-refractivity contribution in [3.63, 3.8) is 0 Å². The Kier molecular flexibility index (Phi) is 4.82. The van der Waals surface area contributed by atoms with Gasteiger partial charge in [-0.3, -0.25) is 0 Å². The third kappa shape index (κ3) is 4.27. The topological polar surface area (TPSA) is 34.6 Å². The number of benzene rings is 2. The lowest BCUT2D eigenvalue weighted by Crippen LogP contribution is -2.38. The molecule has 0 spiro atoms. The number of nitrogens with zero attached hydrogens (tertiary/aromatic N) is 2. The first kappa shape index (κ1) is 17.9. The second-order valence-electron chi connectivity index (χ2n) is 6.30. The molecule has 0 saturated carbocycles. The summed E-state index contributed by atoms with van der Waals surface area (Å²) in [5.41, 5.74) is 4.03. The number of rotatable bonds is 4. The second kappa shape index (κ2) is 7.26. The van der Waals surface area contributed by atoms with Crippen molar-refractivity contribution in [3.8, 4) is 11.5 Å². The summed E-state index contributed by atoms with van der Waals surface area (Å²) in [6, 6.07) is 11.7. The molecule has 1 saturated heterocycles. The van der Waals surface area contributed by atoms with Gasteiger partial charge < -0.3 is 14.4 Å². The molecule has 0 unspecified atom stereocenters. The number of thiazole rings is 1. The third-order valence-corrected chi connectivity index (χ3v) is 5.28. The molecular weight excluding hydrogens is 377 g/mol. The van der Waals surface area contributed by atoms with Crippen molar-refractivity contribution in [3.05, 3.63) is 48.0 Å². The number of anilines is 1. The van der Waals surface area contributed by atoms with Gasteiger partial charge in [0.2, 0.25) is 0 Å². The number of hydrogen-bond acceptors (Lipinski definition) is 5. The van der Waals surface area contributed by atoms with Crippen LogP contribution in [-0.2, 0) is 0 Å². The average Bonchev–Trinajstić information content (AvgIpc) is 3.12. The van der Waals surface area contributed by atoms with Crippen LogP contribution in [0.2, 0.25) is 0 Å². The molecule has 142 valence electrons. The zero-order valence-corrected chi connectivity index (χ0v) is 15.1. The minimum Gasteiger partial charge on any atom is -0.490 e. The molecule has 4 rings (SSSR count). The molecule has 2 heterocycles.